The lowest BCUT2D eigenvalue weighted by molar-refractivity contribution is -0.161. The minimum atomic E-state index is -4.41. The van der Waals surface area contributed by atoms with Crippen molar-refractivity contribution in [3.8, 4) is 0 Å². The number of ether oxygens (including phenoxy) is 2. The fraction of sp³-hybridized carbons (Fsp3) is 0.767. The Kier molecular flexibility index (Phi) is 37.7. The third-order valence-corrected chi connectivity index (χ3v) is 9.78. The van der Waals surface area contributed by atoms with E-state index in [2.05, 4.69) is 32.1 Å². The molecule has 3 atom stereocenters. The number of allylic oxidation sites excluding steroid dienone is 6. The molecule has 0 aromatic carbocycles. The highest BCUT2D eigenvalue weighted by atomic mass is 31.2. The summed E-state index contributed by atoms with van der Waals surface area (Å²) in [7, 11) is -4.41. The van der Waals surface area contributed by atoms with Crippen molar-refractivity contribution in [3.63, 3.8) is 0 Å². The zero-order chi connectivity index (χ0) is 39.8. The summed E-state index contributed by atoms with van der Waals surface area (Å²) >= 11 is 0. The van der Waals surface area contributed by atoms with Crippen LogP contribution in [0.5, 0.6) is 0 Å². The molecule has 10 nitrogen and oxygen atoms in total. The summed E-state index contributed by atoms with van der Waals surface area (Å²) in [4.78, 5) is 34.8. The van der Waals surface area contributed by atoms with Crippen LogP contribution in [-0.2, 0) is 32.7 Å². The molecule has 4 N–H and O–H groups in total. The van der Waals surface area contributed by atoms with Gasteiger partial charge in [0.1, 0.15) is 6.61 Å². The van der Waals surface area contributed by atoms with E-state index >= 15 is 0 Å². The highest BCUT2D eigenvalue weighted by Crippen LogP contribution is 2.43. The highest BCUT2D eigenvalue weighted by molar-refractivity contribution is 7.47. The SMILES string of the molecule is CCCCC/C=C\C/C=C\CC(O)/C=C\C=C\CCCC(=O)OC[C@H](COP(=O)(O)OCCN)OC(=O)CCCCCCCCCCCCCCCCC. The lowest BCUT2D eigenvalue weighted by Gasteiger charge is -2.19. The number of aliphatic hydroxyl groups excluding tert-OH is 1. The summed E-state index contributed by atoms with van der Waals surface area (Å²) in [5.74, 6) is -0.957. The van der Waals surface area contributed by atoms with Gasteiger partial charge in [-0.05, 0) is 44.9 Å². The summed E-state index contributed by atoms with van der Waals surface area (Å²) in [6, 6.07) is 0. The zero-order valence-electron chi connectivity index (χ0n) is 34.1. The molecule has 0 radical (unpaired) electrons. The molecule has 314 valence electrons. The predicted octanol–water partition coefficient (Wildman–Crippen LogP) is 10.9. The number of phosphoric acid groups is 1. The van der Waals surface area contributed by atoms with Crippen molar-refractivity contribution in [2.24, 2.45) is 5.73 Å². The Hall–Kier alpha value is -2.07. The summed E-state index contributed by atoms with van der Waals surface area (Å²) < 4.78 is 32.6. The van der Waals surface area contributed by atoms with Gasteiger partial charge in [-0.15, -0.1) is 0 Å². The van der Waals surface area contributed by atoms with Gasteiger partial charge in [0.15, 0.2) is 6.10 Å². The lowest BCUT2D eigenvalue weighted by Crippen LogP contribution is -2.29. The number of rotatable bonds is 39. The molecule has 0 aliphatic heterocycles. The third kappa shape index (κ3) is 38.2. The largest absolute Gasteiger partial charge is 0.472 e. The van der Waals surface area contributed by atoms with E-state index in [4.69, 9.17) is 24.3 Å². The van der Waals surface area contributed by atoms with E-state index in [1.165, 1.54) is 89.9 Å². The van der Waals surface area contributed by atoms with Crippen LogP contribution >= 0.6 is 7.82 Å². The van der Waals surface area contributed by atoms with Crippen molar-refractivity contribution in [1.29, 1.82) is 0 Å². The van der Waals surface area contributed by atoms with Gasteiger partial charge in [0, 0.05) is 19.4 Å². The van der Waals surface area contributed by atoms with Crippen molar-refractivity contribution >= 4 is 19.8 Å². The minimum Gasteiger partial charge on any atom is -0.462 e. The van der Waals surface area contributed by atoms with Gasteiger partial charge >= 0.3 is 19.8 Å². The molecule has 0 aliphatic rings. The maximum absolute atomic E-state index is 12.6. The molecule has 0 aromatic heterocycles. The van der Waals surface area contributed by atoms with E-state index in [1.54, 1.807) is 12.2 Å². The predicted molar refractivity (Wildman–Crippen MR) is 221 cm³/mol. The average molecular weight is 784 g/mol. The highest BCUT2D eigenvalue weighted by Gasteiger charge is 2.26. The van der Waals surface area contributed by atoms with Crippen molar-refractivity contribution in [1.82, 2.24) is 0 Å². The lowest BCUT2D eigenvalue weighted by atomic mass is 10.0. The molecular weight excluding hydrogens is 705 g/mol. The Morgan fingerprint density at radius 2 is 1.20 bits per heavy atom. The number of carbonyl (C=O) groups is 2. The van der Waals surface area contributed by atoms with E-state index in [-0.39, 0.29) is 32.6 Å². The van der Waals surface area contributed by atoms with E-state index in [0.29, 0.717) is 25.7 Å². The topological polar surface area (TPSA) is 155 Å². The molecule has 0 amide bonds. The molecule has 0 saturated carbocycles. The van der Waals surface area contributed by atoms with Gasteiger partial charge in [-0.2, -0.15) is 0 Å². The number of phosphoric ester groups is 1. The first-order valence-electron chi connectivity index (χ1n) is 21.2. The molecule has 0 aromatic rings. The number of carbonyl (C=O) groups excluding carboxylic acids is 2. The quantitative estimate of drug-likeness (QED) is 0.0180. The Labute approximate surface area is 329 Å². The molecular formula is C43H78NO9P. The Morgan fingerprint density at radius 3 is 1.83 bits per heavy atom. The van der Waals surface area contributed by atoms with Crippen LogP contribution < -0.4 is 5.73 Å². The molecule has 0 rings (SSSR count). The van der Waals surface area contributed by atoms with E-state index in [0.717, 1.165) is 32.1 Å². The molecule has 0 saturated heterocycles. The van der Waals surface area contributed by atoms with Gasteiger partial charge < -0.3 is 25.2 Å². The van der Waals surface area contributed by atoms with Crippen molar-refractivity contribution < 1.29 is 42.7 Å². The van der Waals surface area contributed by atoms with Crippen molar-refractivity contribution in [2.75, 3.05) is 26.4 Å². The van der Waals surface area contributed by atoms with Crippen molar-refractivity contribution in [2.45, 2.75) is 187 Å². The monoisotopic (exact) mass is 784 g/mol. The second kappa shape index (κ2) is 39.2. The normalized spacial score (nSPS) is 14.4. The number of unbranched alkanes of at least 4 members (excludes halogenated alkanes) is 18. The number of nitrogens with two attached hydrogens (primary N) is 1. The number of aliphatic hydroxyl groups is 1. The van der Waals surface area contributed by atoms with E-state index in [1.807, 2.05) is 18.2 Å². The van der Waals surface area contributed by atoms with Gasteiger partial charge in [0.2, 0.25) is 0 Å². The van der Waals surface area contributed by atoms with Crippen LogP contribution in [0.25, 0.3) is 0 Å². The average Bonchev–Trinajstić information content (AvgIpc) is 3.15. The molecule has 0 bridgehead atoms. The van der Waals surface area contributed by atoms with Gasteiger partial charge in [-0.1, -0.05) is 165 Å². The van der Waals surface area contributed by atoms with Crippen LogP contribution in [0.1, 0.15) is 174 Å². The maximum atomic E-state index is 12.6. The van der Waals surface area contributed by atoms with Crippen LogP contribution in [0.15, 0.2) is 48.6 Å². The first-order valence-corrected chi connectivity index (χ1v) is 22.7. The van der Waals surface area contributed by atoms with Crippen LogP contribution in [0.3, 0.4) is 0 Å². The molecule has 0 spiro atoms. The maximum Gasteiger partial charge on any atom is 0.472 e. The minimum absolute atomic E-state index is 0.0335. The molecule has 0 aliphatic carbocycles. The van der Waals surface area contributed by atoms with Gasteiger partial charge in [0.05, 0.1) is 19.3 Å². The third-order valence-electron chi connectivity index (χ3n) is 8.80. The van der Waals surface area contributed by atoms with Crippen LogP contribution in [0.2, 0.25) is 0 Å². The van der Waals surface area contributed by atoms with Gasteiger partial charge in [-0.3, -0.25) is 18.6 Å². The van der Waals surface area contributed by atoms with E-state index < -0.39 is 38.6 Å². The molecule has 0 fully saturated rings. The molecule has 54 heavy (non-hydrogen) atoms. The second-order valence-corrected chi connectivity index (χ2v) is 15.5. The Bertz CT molecular complexity index is 1050. The fourth-order valence-corrected chi connectivity index (χ4v) is 6.35. The standard InChI is InChI=1S/C43H78NO9P/c1-3-5-7-9-11-13-14-15-16-17-18-20-22-26-31-35-43(47)53-41(39-52-54(48,49)51-37-36-44)38-50-42(46)34-30-27-23-25-29-33-40(45)32-28-24-21-19-12-10-8-6-4-2/h12,19,23-25,28-29,33,40-41,45H,3-11,13-18,20-22,26-27,30-32,34-39,44H2,1-2H3,(H,48,49)/b19-12-,25-23+,28-24-,33-29-/t40?,41-/m1/s1. The van der Waals surface area contributed by atoms with Gasteiger partial charge in [0.25, 0.3) is 0 Å². The fourth-order valence-electron chi connectivity index (χ4n) is 5.59. The molecule has 2 unspecified atom stereocenters. The van der Waals surface area contributed by atoms with E-state index in [9.17, 15) is 24.2 Å². The Balaban J connectivity index is 4.34. The smallest absolute Gasteiger partial charge is 0.462 e. The second-order valence-electron chi connectivity index (χ2n) is 14.1. The number of hydrogen-bond acceptors (Lipinski definition) is 9. The summed E-state index contributed by atoms with van der Waals surface area (Å²) in [6.07, 6.45) is 40.3. The van der Waals surface area contributed by atoms with Crippen LogP contribution in [0.4, 0.5) is 0 Å². The summed E-state index contributed by atoms with van der Waals surface area (Å²) in [5.41, 5.74) is 5.33. The summed E-state index contributed by atoms with van der Waals surface area (Å²) in [5, 5.41) is 10.1. The van der Waals surface area contributed by atoms with Gasteiger partial charge in [-0.25, -0.2) is 4.57 Å². The molecule has 0 heterocycles. The summed E-state index contributed by atoms with van der Waals surface area (Å²) in [6.45, 7) is 3.54. The first-order chi connectivity index (χ1) is 26.2. The number of hydrogen-bond donors (Lipinski definition) is 3. The molecule has 11 heteroatoms. The number of esters is 2. The first kappa shape index (κ1) is 51.9. The van der Waals surface area contributed by atoms with Crippen LogP contribution in [-0.4, -0.2) is 60.5 Å². The zero-order valence-corrected chi connectivity index (χ0v) is 35.0. The van der Waals surface area contributed by atoms with Crippen molar-refractivity contribution in [3.05, 3.63) is 48.6 Å². The Morgan fingerprint density at radius 1 is 0.648 bits per heavy atom. The van der Waals surface area contributed by atoms with Crippen LogP contribution in [0, 0.1) is 0 Å².